The molecule has 0 spiro atoms. The second-order valence-corrected chi connectivity index (χ2v) is 8.74. The van der Waals surface area contributed by atoms with Gasteiger partial charge in [-0.1, -0.05) is 37.1 Å². The summed E-state index contributed by atoms with van der Waals surface area (Å²) in [6.45, 7) is 4.07. The largest absolute Gasteiger partial charge is 0.385 e. The second kappa shape index (κ2) is 13.3. The normalized spacial score (nSPS) is 17.6. The van der Waals surface area contributed by atoms with Crippen molar-refractivity contribution in [2.45, 2.75) is 57.9 Å². The van der Waals surface area contributed by atoms with Gasteiger partial charge >= 0.3 is 0 Å². The number of ether oxygens (including phenoxy) is 1. The maximum Gasteiger partial charge on any atom is 0.222 e. The number of amides is 1. The Hall–Kier alpha value is -1.35. The summed E-state index contributed by atoms with van der Waals surface area (Å²) in [5, 5.41) is 6.89. The van der Waals surface area contributed by atoms with E-state index >= 15 is 0 Å². The van der Waals surface area contributed by atoms with Crippen LogP contribution in [0.15, 0.2) is 29.3 Å². The van der Waals surface area contributed by atoms with Gasteiger partial charge in [0.1, 0.15) is 0 Å². The average Bonchev–Trinajstić information content (AvgIpc) is 3.25. The van der Waals surface area contributed by atoms with Gasteiger partial charge in [0.2, 0.25) is 5.91 Å². The van der Waals surface area contributed by atoms with Gasteiger partial charge in [0.15, 0.2) is 5.96 Å². The Morgan fingerprint density at radius 3 is 2.65 bits per heavy atom. The van der Waals surface area contributed by atoms with E-state index in [1.165, 1.54) is 36.8 Å². The van der Waals surface area contributed by atoms with Crippen LogP contribution in [0, 0.1) is 5.41 Å². The third kappa shape index (κ3) is 7.63. The number of fused-ring (bicyclic) bond motifs is 1. The maximum atomic E-state index is 12.6. The standard InChI is InChI=1S/C24H38N4O2.HI/c1-25-23(27-19-24(14-17-30-2)12-5-6-13-24)26-15-7-10-22(29)28-16-11-20-8-3-4-9-21(20)18-28;/h3-4,8-9H,5-7,10-19H2,1-2H3,(H2,25,26,27);1H. The summed E-state index contributed by atoms with van der Waals surface area (Å²) in [6.07, 6.45) is 8.57. The molecule has 1 aliphatic heterocycles. The van der Waals surface area contributed by atoms with Crippen LogP contribution in [0.3, 0.4) is 0 Å². The number of aliphatic imine (C=N–C) groups is 1. The molecule has 1 fully saturated rings. The fraction of sp³-hybridized carbons (Fsp3) is 0.667. The number of nitrogens with one attached hydrogen (secondary N) is 2. The highest BCUT2D eigenvalue weighted by molar-refractivity contribution is 14.0. The number of hydrogen-bond donors (Lipinski definition) is 2. The van der Waals surface area contributed by atoms with Gasteiger partial charge in [-0.2, -0.15) is 0 Å². The van der Waals surface area contributed by atoms with E-state index in [0.29, 0.717) is 11.8 Å². The van der Waals surface area contributed by atoms with E-state index in [9.17, 15) is 4.79 Å². The Morgan fingerprint density at radius 2 is 1.94 bits per heavy atom. The monoisotopic (exact) mass is 542 g/mol. The van der Waals surface area contributed by atoms with Crippen molar-refractivity contribution in [3.8, 4) is 0 Å². The maximum absolute atomic E-state index is 12.6. The Labute approximate surface area is 204 Å². The molecule has 1 aromatic rings. The highest BCUT2D eigenvalue weighted by Crippen LogP contribution is 2.40. The number of hydrogen-bond acceptors (Lipinski definition) is 3. The highest BCUT2D eigenvalue weighted by atomic mass is 127. The molecule has 0 atom stereocenters. The fourth-order valence-electron chi connectivity index (χ4n) is 4.76. The van der Waals surface area contributed by atoms with Crippen LogP contribution in [0.5, 0.6) is 0 Å². The van der Waals surface area contributed by atoms with Crippen molar-refractivity contribution in [3.63, 3.8) is 0 Å². The predicted octanol–water partition coefficient (Wildman–Crippen LogP) is 3.73. The Kier molecular flexibility index (Phi) is 11.1. The molecule has 7 heteroatoms. The molecular weight excluding hydrogens is 503 g/mol. The van der Waals surface area contributed by atoms with Gasteiger partial charge in [-0.3, -0.25) is 9.79 Å². The number of carbonyl (C=O) groups excluding carboxylic acids is 1. The first-order chi connectivity index (χ1) is 14.7. The molecule has 0 unspecified atom stereocenters. The predicted molar refractivity (Wildman–Crippen MR) is 137 cm³/mol. The van der Waals surface area contributed by atoms with E-state index in [-0.39, 0.29) is 29.9 Å². The van der Waals surface area contributed by atoms with Crippen molar-refractivity contribution in [2.75, 3.05) is 40.4 Å². The van der Waals surface area contributed by atoms with Crippen molar-refractivity contribution in [3.05, 3.63) is 35.4 Å². The van der Waals surface area contributed by atoms with Crippen molar-refractivity contribution in [1.82, 2.24) is 15.5 Å². The van der Waals surface area contributed by atoms with Crippen LogP contribution >= 0.6 is 24.0 Å². The van der Waals surface area contributed by atoms with Gasteiger partial charge in [-0.15, -0.1) is 24.0 Å². The molecule has 0 radical (unpaired) electrons. The smallest absolute Gasteiger partial charge is 0.222 e. The first-order valence-corrected chi connectivity index (χ1v) is 11.4. The highest BCUT2D eigenvalue weighted by Gasteiger charge is 2.33. The average molecular weight is 543 g/mol. The van der Waals surface area contributed by atoms with Gasteiger partial charge in [0.25, 0.3) is 0 Å². The number of methoxy groups -OCH3 is 1. The van der Waals surface area contributed by atoms with Crippen LogP contribution < -0.4 is 10.6 Å². The van der Waals surface area contributed by atoms with Crippen molar-refractivity contribution in [2.24, 2.45) is 10.4 Å². The summed E-state index contributed by atoms with van der Waals surface area (Å²) in [5.74, 6) is 1.08. The van der Waals surface area contributed by atoms with Gasteiger partial charge < -0.3 is 20.3 Å². The molecule has 0 saturated heterocycles. The lowest BCUT2D eigenvalue weighted by molar-refractivity contribution is -0.132. The van der Waals surface area contributed by atoms with E-state index in [2.05, 4.69) is 39.9 Å². The molecule has 1 aliphatic carbocycles. The third-order valence-electron chi connectivity index (χ3n) is 6.70. The van der Waals surface area contributed by atoms with Crippen LogP contribution in [0.2, 0.25) is 0 Å². The lowest BCUT2D eigenvalue weighted by Crippen LogP contribution is -2.43. The quantitative estimate of drug-likeness (QED) is 0.216. The lowest BCUT2D eigenvalue weighted by Gasteiger charge is -2.30. The summed E-state index contributed by atoms with van der Waals surface area (Å²) < 4.78 is 5.32. The number of benzene rings is 1. The zero-order valence-corrected chi connectivity index (χ0v) is 21.5. The van der Waals surface area contributed by atoms with Gasteiger partial charge in [-0.25, -0.2) is 0 Å². The zero-order chi connectivity index (χ0) is 21.2. The summed E-state index contributed by atoms with van der Waals surface area (Å²) in [4.78, 5) is 19.0. The first-order valence-electron chi connectivity index (χ1n) is 11.4. The number of carbonyl (C=O) groups is 1. The van der Waals surface area contributed by atoms with Crippen LogP contribution in [-0.2, 0) is 22.5 Å². The summed E-state index contributed by atoms with van der Waals surface area (Å²) in [5.41, 5.74) is 2.99. The van der Waals surface area contributed by atoms with E-state index in [4.69, 9.17) is 4.74 Å². The molecule has 3 rings (SSSR count). The Morgan fingerprint density at radius 1 is 1.19 bits per heavy atom. The van der Waals surface area contributed by atoms with Crippen molar-refractivity contribution < 1.29 is 9.53 Å². The van der Waals surface area contributed by atoms with Crippen LogP contribution in [0.1, 0.15) is 56.1 Å². The van der Waals surface area contributed by atoms with E-state index in [1.54, 1.807) is 7.11 Å². The molecule has 0 aromatic heterocycles. The molecular formula is C24H39IN4O2. The summed E-state index contributed by atoms with van der Waals surface area (Å²) in [6, 6.07) is 8.44. The lowest BCUT2D eigenvalue weighted by atomic mass is 9.83. The topological polar surface area (TPSA) is 66.0 Å². The van der Waals surface area contributed by atoms with Crippen LogP contribution in [0.25, 0.3) is 0 Å². The van der Waals surface area contributed by atoms with E-state index < -0.39 is 0 Å². The number of guanidine groups is 1. The Balaban J connectivity index is 0.00000341. The van der Waals surface area contributed by atoms with Gasteiger partial charge in [0.05, 0.1) is 0 Å². The third-order valence-corrected chi connectivity index (χ3v) is 6.70. The molecule has 6 nitrogen and oxygen atoms in total. The van der Waals surface area contributed by atoms with Crippen LogP contribution in [0.4, 0.5) is 0 Å². The Bertz CT molecular complexity index is 719. The van der Waals surface area contributed by atoms with Gasteiger partial charge in [0, 0.05) is 53.4 Å². The minimum atomic E-state index is 0. The zero-order valence-electron chi connectivity index (χ0n) is 19.1. The molecule has 1 saturated carbocycles. The van der Waals surface area contributed by atoms with Gasteiger partial charge in [-0.05, 0) is 48.6 Å². The second-order valence-electron chi connectivity index (χ2n) is 8.74. The van der Waals surface area contributed by atoms with E-state index in [0.717, 1.165) is 58.0 Å². The summed E-state index contributed by atoms with van der Waals surface area (Å²) >= 11 is 0. The fourth-order valence-corrected chi connectivity index (χ4v) is 4.76. The molecule has 0 bridgehead atoms. The molecule has 2 N–H and O–H groups in total. The number of halogens is 1. The van der Waals surface area contributed by atoms with E-state index in [1.807, 2.05) is 11.9 Å². The molecule has 31 heavy (non-hydrogen) atoms. The molecule has 1 amide bonds. The summed E-state index contributed by atoms with van der Waals surface area (Å²) in [7, 11) is 3.59. The minimum Gasteiger partial charge on any atom is -0.385 e. The molecule has 2 aliphatic rings. The first kappa shape index (κ1) is 25.9. The number of rotatable bonds is 9. The minimum absolute atomic E-state index is 0. The molecule has 1 heterocycles. The molecule has 174 valence electrons. The number of nitrogens with zero attached hydrogens (tertiary/aromatic N) is 2. The van der Waals surface area contributed by atoms with Crippen LogP contribution in [-0.4, -0.2) is 57.2 Å². The van der Waals surface area contributed by atoms with Crippen molar-refractivity contribution >= 4 is 35.8 Å². The SMILES string of the molecule is CN=C(NCCCC(=O)N1CCc2ccccc2C1)NCC1(CCOC)CCCC1.I. The van der Waals surface area contributed by atoms with Crippen molar-refractivity contribution in [1.29, 1.82) is 0 Å². The molecule has 1 aromatic carbocycles.